The molecule has 3 N–H and O–H groups in total. The molecule has 0 radical (unpaired) electrons. The van der Waals surface area contributed by atoms with Crippen molar-refractivity contribution in [3.8, 4) is 0 Å². The van der Waals surface area contributed by atoms with E-state index in [9.17, 15) is 9.59 Å². The van der Waals surface area contributed by atoms with E-state index in [0.29, 0.717) is 24.7 Å². The standard InChI is InChI=1S/C23H30N6O2/c1-13(2)29-12-17-11-23(24-21(30)20(17)27-29)5-7-28(8-6-23)22(31)16-9-14(3)19-18(10-16)15(4)25-26-19/h9-10,13,27H,5-8,11-12H2,1-4H3,(H,24,30)(H,25,26). The molecule has 1 aromatic heterocycles. The number of nitrogens with one attached hydrogen (secondary N) is 3. The van der Waals surface area contributed by atoms with Crippen LogP contribution in [0.25, 0.3) is 10.9 Å². The maximum absolute atomic E-state index is 13.2. The minimum absolute atomic E-state index is 0.0133. The highest BCUT2D eigenvalue weighted by molar-refractivity contribution is 5.99. The summed E-state index contributed by atoms with van der Waals surface area (Å²) >= 11 is 0. The second-order valence-corrected chi connectivity index (χ2v) is 9.55. The van der Waals surface area contributed by atoms with E-state index < -0.39 is 0 Å². The van der Waals surface area contributed by atoms with Crippen molar-refractivity contribution in [1.82, 2.24) is 30.8 Å². The highest BCUT2D eigenvalue weighted by atomic mass is 16.2. The third-order valence-electron chi connectivity index (χ3n) is 7.05. The van der Waals surface area contributed by atoms with Crippen molar-refractivity contribution >= 4 is 22.7 Å². The summed E-state index contributed by atoms with van der Waals surface area (Å²) in [6.45, 7) is 10.3. The molecule has 1 fully saturated rings. The minimum Gasteiger partial charge on any atom is -0.345 e. The van der Waals surface area contributed by atoms with Gasteiger partial charge >= 0.3 is 0 Å². The van der Waals surface area contributed by atoms with Crippen molar-refractivity contribution < 1.29 is 9.59 Å². The lowest BCUT2D eigenvalue weighted by Crippen LogP contribution is -2.59. The monoisotopic (exact) mass is 422 g/mol. The molecule has 164 valence electrons. The Bertz CT molecular complexity index is 1110. The summed E-state index contributed by atoms with van der Waals surface area (Å²) in [5, 5.41) is 13.7. The number of amides is 2. The molecule has 1 aromatic carbocycles. The summed E-state index contributed by atoms with van der Waals surface area (Å²) < 4.78 is 0. The van der Waals surface area contributed by atoms with Gasteiger partial charge in [0.25, 0.3) is 11.8 Å². The molecule has 0 aliphatic carbocycles. The number of hydrogen-bond acceptors (Lipinski definition) is 5. The molecule has 3 aliphatic heterocycles. The van der Waals surface area contributed by atoms with Crippen LogP contribution in [0.3, 0.4) is 0 Å². The number of benzene rings is 1. The molecule has 31 heavy (non-hydrogen) atoms. The van der Waals surface area contributed by atoms with Crippen LogP contribution in [-0.4, -0.2) is 63.1 Å². The molecule has 0 unspecified atom stereocenters. The largest absolute Gasteiger partial charge is 0.345 e. The Balaban J connectivity index is 1.30. The first kappa shape index (κ1) is 20.1. The lowest BCUT2D eigenvalue weighted by molar-refractivity contribution is -0.121. The zero-order valence-electron chi connectivity index (χ0n) is 18.6. The van der Waals surface area contributed by atoms with Gasteiger partial charge in [0.15, 0.2) is 0 Å². The van der Waals surface area contributed by atoms with Gasteiger partial charge in [0, 0.05) is 47.9 Å². The molecule has 8 heteroatoms. The molecule has 0 atom stereocenters. The van der Waals surface area contributed by atoms with E-state index in [0.717, 1.165) is 53.7 Å². The SMILES string of the molecule is Cc1[nH]nc2c(C)cc(C(=O)N3CCC4(CC3)CC3=C(NN(C(C)C)C3)C(=O)N4)cc12. The topological polar surface area (TPSA) is 93.4 Å². The Labute approximate surface area is 182 Å². The number of carbonyl (C=O) groups excluding carboxylic acids is 2. The van der Waals surface area contributed by atoms with Crippen molar-refractivity contribution in [3.05, 3.63) is 40.2 Å². The van der Waals surface area contributed by atoms with Crippen molar-refractivity contribution in [2.24, 2.45) is 0 Å². The molecule has 2 amide bonds. The maximum Gasteiger partial charge on any atom is 0.269 e. The molecule has 3 aliphatic rings. The van der Waals surface area contributed by atoms with Crippen LogP contribution in [0.2, 0.25) is 0 Å². The summed E-state index contributed by atoms with van der Waals surface area (Å²) in [6, 6.07) is 4.20. The Morgan fingerprint density at radius 1 is 1.19 bits per heavy atom. The summed E-state index contributed by atoms with van der Waals surface area (Å²) in [5.74, 6) is 0.0386. The summed E-state index contributed by atoms with van der Waals surface area (Å²) in [4.78, 5) is 27.9. The van der Waals surface area contributed by atoms with E-state index in [1.807, 2.05) is 30.9 Å². The number of aromatic nitrogens is 2. The molecule has 4 heterocycles. The Hall–Kier alpha value is -2.87. The first-order valence-corrected chi connectivity index (χ1v) is 11.1. The van der Waals surface area contributed by atoms with Gasteiger partial charge in [-0.05, 0) is 70.2 Å². The summed E-state index contributed by atoms with van der Waals surface area (Å²) in [6.07, 6.45) is 2.40. The van der Waals surface area contributed by atoms with E-state index in [1.165, 1.54) is 5.57 Å². The van der Waals surface area contributed by atoms with Crippen LogP contribution in [0.5, 0.6) is 0 Å². The van der Waals surface area contributed by atoms with Crippen molar-refractivity contribution in [2.75, 3.05) is 19.6 Å². The molecule has 5 rings (SSSR count). The van der Waals surface area contributed by atoms with E-state index in [1.54, 1.807) is 0 Å². The number of carbonyl (C=O) groups is 2. The molecule has 1 saturated heterocycles. The number of nitrogens with zero attached hydrogens (tertiary/aromatic N) is 3. The first-order chi connectivity index (χ1) is 14.8. The van der Waals surface area contributed by atoms with Gasteiger partial charge in [0.2, 0.25) is 0 Å². The average molecular weight is 423 g/mol. The third kappa shape index (κ3) is 3.29. The fraction of sp³-hybridized carbons (Fsp3) is 0.522. The fourth-order valence-corrected chi connectivity index (χ4v) is 5.13. The molecule has 1 spiro atoms. The van der Waals surface area contributed by atoms with E-state index >= 15 is 0 Å². The number of aromatic amines is 1. The van der Waals surface area contributed by atoms with Gasteiger partial charge < -0.3 is 15.6 Å². The van der Waals surface area contributed by atoms with Crippen LogP contribution >= 0.6 is 0 Å². The van der Waals surface area contributed by atoms with Crippen LogP contribution in [0.4, 0.5) is 0 Å². The third-order valence-corrected chi connectivity index (χ3v) is 7.05. The van der Waals surface area contributed by atoms with Crippen molar-refractivity contribution in [1.29, 1.82) is 0 Å². The smallest absolute Gasteiger partial charge is 0.269 e. The fourth-order valence-electron chi connectivity index (χ4n) is 5.13. The Morgan fingerprint density at radius 2 is 1.94 bits per heavy atom. The molecule has 0 saturated carbocycles. The second kappa shape index (κ2) is 7.09. The van der Waals surface area contributed by atoms with Crippen molar-refractivity contribution in [2.45, 2.75) is 58.5 Å². The van der Waals surface area contributed by atoms with Crippen LogP contribution < -0.4 is 10.7 Å². The number of hydrazine groups is 1. The molecule has 8 nitrogen and oxygen atoms in total. The quantitative estimate of drug-likeness (QED) is 0.690. The number of piperidine rings is 1. The molecular formula is C23H30N6O2. The van der Waals surface area contributed by atoms with Crippen LogP contribution in [0.15, 0.2) is 23.4 Å². The lowest BCUT2D eigenvalue weighted by Gasteiger charge is -2.44. The summed E-state index contributed by atoms with van der Waals surface area (Å²) in [7, 11) is 0. The number of rotatable bonds is 2. The van der Waals surface area contributed by atoms with E-state index in [-0.39, 0.29) is 17.4 Å². The number of H-pyrrole nitrogens is 1. The number of likely N-dealkylation sites (tertiary alicyclic amines) is 1. The summed E-state index contributed by atoms with van der Waals surface area (Å²) in [5.41, 5.74) is 8.52. The molecule has 2 aromatic rings. The zero-order valence-corrected chi connectivity index (χ0v) is 18.6. The van der Waals surface area contributed by atoms with E-state index in [2.05, 4.69) is 39.8 Å². The number of hydrogen-bond donors (Lipinski definition) is 3. The normalized spacial score (nSPS) is 21.1. The Morgan fingerprint density at radius 3 is 2.65 bits per heavy atom. The zero-order chi connectivity index (χ0) is 21.9. The predicted molar refractivity (Wildman–Crippen MR) is 118 cm³/mol. The van der Waals surface area contributed by atoms with Gasteiger partial charge in [-0.1, -0.05) is 0 Å². The first-order valence-electron chi connectivity index (χ1n) is 11.1. The van der Waals surface area contributed by atoms with Gasteiger partial charge in [0.1, 0.15) is 5.70 Å². The van der Waals surface area contributed by atoms with Gasteiger partial charge in [0.05, 0.1) is 5.52 Å². The average Bonchev–Trinajstić information content (AvgIpc) is 3.33. The minimum atomic E-state index is -0.248. The highest BCUT2D eigenvalue weighted by Crippen LogP contribution is 2.36. The Kier molecular flexibility index (Phi) is 4.58. The van der Waals surface area contributed by atoms with Crippen LogP contribution in [0, 0.1) is 13.8 Å². The number of fused-ring (bicyclic) bond motifs is 1. The van der Waals surface area contributed by atoms with Gasteiger partial charge in [-0.25, -0.2) is 5.01 Å². The second-order valence-electron chi connectivity index (χ2n) is 9.55. The highest BCUT2D eigenvalue weighted by Gasteiger charge is 2.44. The van der Waals surface area contributed by atoms with Gasteiger partial charge in [-0.15, -0.1) is 0 Å². The molecule has 0 bridgehead atoms. The van der Waals surface area contributed by atoms with Gasteiger partial charge in [-0.3, -0.25) is 14.7 Å². The van der Waals surface area contributed by atoms with Crippen molar-refractivity contribution in [3.63, 3.8) is 0 Å². The van der Waals surface area contributed by atoms with Gasteiger partial charge in [-0.2, -0.15) is 5.10 Å². The predicted octanol–water partition coefficient (Wildman–Crippen LogP) is 2.16. The molecular weight excluding hydrogens is 392 g/mol. The van der Waals surface area contributed by atoms with Crippen LogP contribution in [-0.2, 0) is 4.79 Å². The maximum atomic E-state index is 13.2. The van der Waals surface area contributed by atoms with E-state index in [4.69, 9.17) is 0 Å². The number of aryl methyl sites for hydroxylation is 2. The lowest BCUT2D eigenvalue weighted by atomic mass is 9.79. The van der Waals surface area contributed by atoms with Crippen LogP contribution in [0.1, 0.15) is 54.7 Å².